The second-order valence-electron chi connectivity index (χ2n) is 5.70. The van der Waals surface area contributed by atoms with E-state index in [2.05, 4.69) is 25.8 Å². The lowest BCUT2D eigenvalue weighted by Gasteiger charge is -2.22. The van der Waals surface area contributed by atoms with Crippen molar-refractivity contribution >= 4 is 17.5 Å². The highest BCUT2D eigenvalue weighted by atomic mass is 16.5. The molecule has 1 aromatic carbocycles. The first kappa shape index (κ1) is 15.5. The highest BCUT2D eigenvalue weighted by molar-refractivity contribution is 5.63. The van der Waals surface area contributed by atoms with Crippen molar-refractivity contribution in [1.82, 2.24) is 15.2 Å². The second kappa shape index (κ2) is 7.76. The van der Waals surface area contributed by atoms with Gasteiger partial charge in [-0.15, -0.1) is 5.10 Å². The number of benzene rings is 1. The van der Waals surface area contributed by atoms with Crippen molar-refractivity contribution in [2.75, 3.05) is 17.2 Å². The molecule has 0 aliphatic heterocycles. The van der Waals surface area contributed by atoms with Crippen LogP contribution in [0.15, 0.2) is 30.5 Å². The van der Waals surface area contributed by atoms with Crippen LogP contribution in [0, 0.1) is 0 Å². The molecule has 3 rings (SSSR count). The molecule has 1 heterocycles. The van der Waals surface area contributed by atoms with E-state index in [1.54, 1.807) is 6.20 Å². The van der Waals surface area contributed by atoms with Crippen LogP contribution in [0.2, 0.25) is 0 Å². The summed E-state index contributed by atoms with van der Waals surface area (Å²) in [6.07, 6.45) is 7.83. The Morgan fingerprint density at radius 2 is 2.00 bits per heavy atom. The Balaban J connectivity index is 1.70. The van der Waals surface area contributed by atoms with Crippen molar-refractivity contribution in [2.24, 2.45) is 0 Å². The van der Waals surface area contributed by atoms with E-state index < -0.39 is 0 Å². The fourth-order valence-electron chi connectivity index (χ4n) is 2.84. The molecule has 0 atom stereocenters. The first-order valence-corrected chi connectivity index (χ1v) is 8.30. The lowest BCUT2D eigenvalue weighted by molar-refractivity contribution is 0.342. The van der Waals surface area contributed by atoms with Gasteiger partial charge in [0.2, 0.25) is 5.95 Å². The zero-order chi connectivity index (χ0) is 15.9. The Hall–Kier alpha value is -2.37. The number of anilines is 3. The molecular formula is C17H23N5O. The molecule has 6 heteroatoms. The van der Waals surface area contributed by atoms with Gasteiger partial charge in [0.25, 0.3) is 0 Å². The summed E-state index contributed by atoms with van der Waals surface area (Å²) in [6, 6.07) is 8.25. The zero-order valence-electron chi connectivity index (χ0n) is 13.5. The van der Waals surface area contributed by atoms with E-state index in [1.165, 1.54) is 32.1 Å². The van der Waals surface area contributed by atoms with E-state index in [0.717, 1.165) is 11.4 Å². The molecule has 2 N–H and O–H groups in total. The Morgan fingerprint density at radius 1 is 1.17 bits per heavy atom. The van der Waals surface area contributed by atoms with Crippen LogP contribution in [0.1, 0.15) is 39.0 Å². The van der Waals surface area contributed by atoms with Gasteiger partial charge in [-0.05, 0) is 31.9 Å². The third-order valence-electron chi connectivity index (χ3n) is 3.95. The number of para-hydroxylation sites is 2. The molecule has 6 nitrogen and oxygen atoms in total. The minimum absolute atomic E-state index is 0.455. The van der Waals surface area contributed by atoms with E-state index in [4.69, 9.17) is 4.74 Å². The van der Waals surface area contributed by atoms with Crippen molar-refractivity contribution in [3.05, 3.63) is 30.5 Å². The van der Waals surface area contributed by atoms with Crippen LogP contribution < -0.4 is 15.4 Å². The van der Waals surface area contributed by atoms with Crippen molar-refractivity contribution in [3.8, 4) is 5.75 Å². The fraction of sp³-hybridized carbons (Fsp3) is 0.471. The number of ether oxygens (including phenoxy) is 1. The van der Waals surface area contributed by atoms with Crippen LogP contribution in [-0.2, 0) is 0 Å². The molecule has 122 valence electrons. The molecule has 0 radical (unpaired) electrons. The minimum atomic E-state index is 0.455. The van der Waals surface area contributed by atoms with Gasteiger partial charge in [-0.2, -0.15) is 10.1 Å². The molecule has 23 heavy (non-hydrogen) atoms. The Bertz CT molecular complexity index is 628. The molecule has 1 saturated carbocycles. The number of aromatic nitrogens is 3. The first-order chi connectivity index (χ1) is 11.3. The van der Waals surface area contributed by atoms with Crippen LogP contribution in [-0.4, -0.2) is 27.8 Å². The first-order valence-electron chi connectivity index (χ1n) is 8.30. The van der Waals surface area contributed by atoms with E-state index in [-0.39, 0.29) is 0 Å². The van der Waals surface area contributed by atoms with Crippen LogP contribution in [0.3, 0.4) is 0 Å². The normalized spacial score (nSPS) is 15.2. The lowest BCUT2D eigenvalue weighted by atomic mass is 9.96. The highest BCUT2D eigenvalue weighted by Gasteiger charge is 2.14. The number of rotatable bonds is 6. The maximum Gasteiger partial charge on any atom is 0.244 e. The number of hydrogen-bond donors (Lipinski definition) is 2. The summed E-state index contributed by atoms with van der Waals surface area (Å²) in [5.74, 6) is 2.04. The van der Waals surface area contributed by atoms with Gasteiger partial charge in [0.15, 0.2) is 5.82 Å². The lowest BCUT2D eigenvalue weighted by Crippen LogP contribution is -2.23. The summed E-state index contributed by atoms with van der Waals surface area (Å²) in [4.78, 5) is 4.51. The van der Waals surface area contributed by atoms with Gasteiger partial charge in [-0.25, -0.2) is 0 Å². The molecule has 1 aromatic heterocycles. The number of hydrogen-bond acceptors (Lipinski definition) is 6. The monoisotopic (exact) mass is 313 g/mol. The topological polar surface area (TPSA) is 72.0 Å². The van der Waals surface area contributed by atoms with Crippen molar-refractivity contribution < 1.29 is 4.74 Å². The van der Waals surface area contributed by atoms with E-state index in [1.807, 2.05) is 31.2 Å². The van der Waals surface area contributed by atoms with Gasteiger partial charge in [0, 0.05) is 6.04 Å². The highest BCUT2D eigenvalue weighted by Crippen LogP contribution is 2.27. The third kappa shape index (κ3) is 4.31. The third-order valence-corrected chi connectivity index (χ3v) is 3.95. The van der Waals surface area contributed by atoms with Gasteiger partial charge in [0.1, 0.15) is 5.75 Å². The van der Waals surface area contributed by atoms with Gasteiger partial charge < -0.3 is 15.4 Å². The maximum absolute atomic E-state index is 5.62. The smallest absolute Gasteiger partial charge is 0.244 e. The Labute approximate surface area is 136 Å². The number of nitrogens with zero attached hydrogens (tertiary/aromatic N) is 3. The van der Waals surface area contributed by atoms with Crippen LogP contribution in [0.5, 0.6) is 5.75 Å². The van der Waals surface area contributed by atoms with Gasteiger partial charge in [-0.1, -0.05) is 31.4 Å². The summed E-state index contributed by atoms with van der Waals surface area (Å²) < 4.78 is 5.62. The molecule has 1 fully saturated rings. The van der Waals surface area contributed by atoms with Crippen molar-refractivity contribution in [3.63, 3.8) is 0 Å². The van der Waals surface area contributed by atoms with E-state index in [9.17, 15) is 0 Å². The molecule has 0 unspecified atom stereocenters. The molecular weight excluding hydrogens is 290 g/mol. The summed E-state index contributed by atoms with van der Waals surface area (Å²) >= 11 is 0. The van der Waals surface area contributed by atoms with E-state index in [0.29, 0.717) is 24.4 Å². The SMILES string of the molecule is CCOc1ccccc1Nc1cnnc(NC2CCCCC2)n1. The molecule has 0 amide bonds. The number of nitrogens with one attached hydrogen (secondary N) is 2. The average molecular weight is 313 g/mol. The van der Waals surface area contributed by atoms with Crippen LogP contribution in [0.4, 0.5) is 17.5 Å². The van der Waals surface area contributed by atoms with Gasteiger partial charge in [-0.3, -0.25) is 0 Å². The van der Waals surface area contributed by atoms with Crippen molar-refractivity contribution in [1.29, 1.82) is 0 Å². The largest absolute Gasteiger partial charge is 0.492 e. The summed E-state index contributed by atoms with van der Waals surface area (Å²) in [5.41, 5.74) is 0.874. The molecule has 1 aliphatic rings. The quantitative estimate of drug-likeness (QED) is 0.846. The summed E-state index contributed by atoms with van der Waals surface area (Å²) in [7, 11) is 0. The molecule has 0 saturated heterocycles. The molecule has 0 bridgehead atoms. The fourth-order valence-corrected chi connectivity index (χ4v) is 2.84. The molecule has 2 aromatic rings. The zero-order valence-corrected chi connectivity index (χ0v) is 13.5. The second-order valence-corrected chi connectivity index (χ2v) is 5.70. The molecule has 1 aliphatic carbocycles. The van der Waals surface area contributed by atoms with Crippen LogP contribution in [0.25, 0.3) is 0 Å². The maximum atomic E-state index is 5.62. The molecule has 0 spiro atoms. The van der Waals surface area contributed by atoms with Crippen molar-refractivity contribution in [2.45, 2.75) is 45.1 Å². The standard InChI is InChI=1S/C17H23N5O/c1-2-23-15-11-7-6-10-14(15)20-16-12-18-22-17(21-16)19-13-8-4-3-5-9-13/h6-7,10-13H,2-5,8-9H2,1H3,(H2,19,20,21,22). The Kier molecular flexibility index (Phi) is 5.24. The van der Waals surface area contributed by atoms with Gasteiger partial charge >= 0.3 is 0 Å². The Morgan fingerprint density at radius 3 is 2.83 bits per heavy atom. The van der Waals surface area contributed by atoms with E-state index >= 15 is 0 Å². The predicted octanol–water partition coefficient (Wildman–Crippen LogP) is 3.76. The summed E-state index contributed by atoms with van der Waals surface area (Å²) in [6.45, 7) is 2.59. The van der Waals surface area contributed by atoms with Gasteiger partial charge in [0.05, 0.1) is 18.5 Å². The van der Waals surface area contributed by atoms with Crippen LogP contribution >= 0.6 is 0 Å². The summed E-state index contributed by atoms with van der Waals surface area (Å²) in [5, 5.41) is 14.8. The minimum Gasteiger partial charge on any atom is -0.492 e. The predicted molar refractivity (Wildman–Crippen MR) is 91.2 cm³/mol. The average Bonchev–Trinajstić information content (AvgIpc) is 2.58.